The molecule has 0 atom stereocenters. The van der Waals surface area contributed by atoms with E-state index >= 15 is 0 Å². The van der Waals surface area contributed by atoms with Crippen LogP contribution < -0.4 is 0 Å². The molecule has 26 heavy (non-hydrogen) atoms. The van der Waals surface area contributed by atoms with E-state index in [-0.39, 0.29) is 0 Å². The van der Waals surface area contributed by atoms with Crippen LogP contribution in [-0.4, -0.2) is 10.5 Å². The SMILES string of the molecule is Cc1ccc(/[N+]([O-])=C(/C=C/c2ccc(Cl)cc2)c2ccc(Br)cc2)cc1. The van der Waals surface area contributed by atoms with Crippen LogP contribution in [0, 0.1) is 12.1 Å². The lowest BCUT2D eigenvalue weighted by molar-refractivity contribution is -0.359. The van der Waals surface area contributed by atoms with Crippen molar-refractivity contribution in [2.75, 3.05) is 0 Å². The van der Waals surface area contributed by atoms with Gasteiger partial charge in [-0.15, -0.1) is 0 Å². The van der Waals surface area contributed by atoms with Gasteiger partial charge >= 0.3 is 0 Å². The van der Waals surface area contributed by atoms with E-state index in [1.807, 2.05) is 91.9 Å². The van der Waals surface area contributed by atoms with Crippen molar-refractivity contribution in [3.63, 3.8) is 0 Å². The van der Waals surface area contributed by atoms with Crippen molar-refractivity contribution in [1.29, 1.82) is 0 Å². The van der Waals surface area contributed by atoms with E-state index in [4.69, 9.17) is 11.6 Å². The van der Waals surface area contributed by atoms with E-state index in [0.29, 0.717) is 16.4 Å². The van der Waals surface area contributed by atoms with E-state index < -0.39 is 0 Å². The van der Waals surface area contributed by atoms with Gasteiger partial charge in [-0.2, -0.15) is 4.74 Å². The van der Waals surface area contributed by atoms with Crippen molar-refractivity contribution in [3.05, 3.63) is 110 Å². The first-order valence-electron chi connectivity index (χ1n) is 8.13. The Labute approximate surface area is 166 Å². The number of aryl methyl sites for hydroxylation is 1. The van der Waals surface area contributed by atoms with Gasteiger partial charge in [0.1, 0.15) is 0 Å². The minimum Gasteiger partial charge on any atom is -0.618 e. The van der Waals surface area contributed by atoms with Gasteiger partial charge in [0.05, 0.1) is 0 Å². The molecule has 0 aliphatic rings. The zero-order valence-electron chi connectivity index (χ0n) is 14.2. The fraction of sp³-hybridized carbons (Fsp3) is 0.0455. The molecule has 0 radical (unpaired) electrons. The fourth-order valence-corrected chi connectivity index (χ4v) is 2.86. The van der Waals surface area contributed by atoms with Crippen LogP contribution in [0.2, 0.25) is 5.02 Å². The van der Waals surface area contributed by atoms with Gasteiger partial charge in [0.15, 0.2) is 0 Å². The third kappa shape index (κ3) is 4.63. The van der Waals surface area contributed by atoms with Gasteiger partial charge in [-0.3, -0.25) is 0 Å². The van der Waals surface area contributed by atoms with Crippen LogP contribution in [0.3, 0.4) is 0 Å². The lowest BCUT2D eigenvalue weighted by Gasteiger charge is -2.09. The highest BCUT2D eigenvalue weighted by Crippen LogP contribution is 2.18. The maximum atomic E-state index is 13.0. The standard InChI is InChI=1S/C22H17BrClNO/c1-16-2-13-21(14-3-16)25(26)22(18-7-9-19(23)10-8-18)15-6-17-4-11-20(24)12-5-17/h2-15H,1H3/b15-6+,25-22+. The van der Waals surface area contributed by atoms with E-state index in [1.54, 1.807) is 0 Å². The summed E-state index contributed by atoms with van der Waals surface area (Å²) < 4.78 is 1.92. The van der Waals surface area contributed by atoms with E-state index in [1.165, 1.54) is 0 Å². The second kappa shape index (κ2) is 8.35. The minimum absolute atomic E-state index is 0.566. The molecule has 0 unspecified atom stereocenters. The molecule has 3 rings (SSSR count). The Morgan fingerprint density at radius 2 is 1.54 bits per heavy atom. The molecule has 0 bridgehead atoms. The maximum Gasteiger partial charge on any atom is 0.224 e. The zero-order valence-corrected chi connectivity index (χ0v) is 16.5. The van der Waals surface area contributed by atoms with Crippen LogP contribution in [0.1, 0.15) is 16.7 Å². The molecule has 0 saturated heterocycles. The van der Waals surface area contributed by atoms with Crippen LogP contribution in [0.5, 0.6) is 0 Å². The van der Waals surface area contributed by atoms with Gasteiger partial charge in [-0.1, -0.05) is 57.4 Å². The summed E-state index contributed by atoms with van der Waals surface area (Å²) in [6.07, 6.45) is 3.74. The Hall–Kier alpha value is -2.36. The molecule has 3 aromatic carbocycles. The third-order valence-corrected chi connectivity index (χ3v) is 4.71. The molecule has 0 spiro atoms. The summed E-state index contributed by atoms with van der Waals surface area (Å²) in [6.45, 7) is 2.00. The van der Waals surface area contributed by atoms with Gasteiger partial charge < -0.3 is 5.21 Å². The van der Waals surface area contributed by atoms with Gasteiger partial charge in [0.2, 0.25) is 11.4 Å². The summed E-state index contributed by atoms with van der Waals surface area (Å²) in [6, 6.07) is 22.7. The van der Waals surface area contributed by atoms with Crippen LogP contribution in [-0.2, 0) is 0 Å². The Morgan fingerprint density at radius 1 is 0.923 bits per heavy atom. The molecule has 0 aromatic heterocycles. The lowest BCUT2D eigenvalue weighted by Crippen LogP contribution is -2.11. The molecule has 0 fully saturated rings. The molecule has 3 aromatic rings. The fourth-order valence-electron chi connectivity index (χ4n) is 2.47. The number of hydrogen-bond acceptors (Lipinski definition) is 1. The van der Waals surface area contributed by atoms with Crippen molar-refractivity contribution < 1.29 is 4.74 Å². The van der Waals surface area contributed by atoms with Gasteiger partial charge in [-0.05, 0) is 55.0 Å². The summed E-state index contributed by atoms with van der Waals surface area (Å²) in [7, 11) is 0. The molecule has 0 saturated carbocycles. The smallest absolute Gasteiger partial charge is 0.224 e. The van der Waals surface area contributed by atoms with Gasteiger partial charge in [0.25, 0.3) is 0 Å². The monoisotopic (exact) mass is 425 g/mol. The average molecular weight is 427 g/mol. The Morgan fingerprint density at radius 3 is 2.15 bits per heavy atom. The van der Waals surface area contributed by atoms with Crippen molar-refractivity contribution in [3.8, 4) is 0 Å². The first-order chi connectivity index (χ1) is 12.5. The zero-order chi connectivity index (χ0) is 18.5. The Bertz CT molecular complexity index is 943. The molecular formula is C22H17BrClNO. The van der Waals surface area contributed by atoms with Gasteiger partial charge in [-0.25, -0.2) is 0 Å². The Kier molecular flexibility index (Phi) is 5.92. The highest BCUT2D eigenvalue weighted by atomic mass is 79.9. The summed E-state index contributed by atoms with van der Waals surface area (Å²) in [5.41, 5.74) is 4.09. The lowest BCUT2D eigenvalue weighted by atomic mass is 10.1. The van der Waals surface area contributed by atoms with Crippen molar-refractivity contribution in [1.82, 2.24) is 0 Å². The molecular weight excluding hydrogens is 410 g/mol. The average Bonchev–Trinajstić information content (AvgIpc) is 2.65. The Balaban J connectivity index is 2.06. The number of benzene rings is 3. The van der Waals surface area contributed by atoms with Gasteiger partial charge in [0, 0.05) is 33.3 Å². The largest absolute Gasteiger partial charge is 0.618 e. The van der Waals surface area contributed by atoms with Crippen LogP contribution >= 0.6 is 27.5 Å². The number of hydrogen-bond donors (Lipinski definition) is 0. The maximum absolute atomic E-state index is 13.0. The van der Waals surface area contributed by atoms with Crippen LogP contribution in [0.25, 0.3) is 6.08 Å². The molecule has 0 amide bonds. The highest BCUT2D eigenvalue weighted by molar-refractivity contribution is 9.10. The minimum atomic E-state index is 0.566. The summed E-state index contributed by atoms with van der Waals surface area (Å²) in [5, 5.41) is 13.7. The normalized spacial score (nSPS) is 12.3. The second-order valence-corrected chi connectivity index (χ2v) is 7.26. The number of allylic oxidation sites excluding steroid dienone is 1. The van der Waals surface area contributed by atoms with E-state index in [9.17, 15) is 5.21 Å². The number of rotatable bonds is 4. The van der Waals surface area contributed by atoms with Crippen molar-refractivity contribution in [2.24, 2.45) is 0 Å². The molecule has 2 nitrogen and oxygen atoms in total. The molecule has 130 valence electrons. The predicted octanol–water partition coefficient (Wildman–Crippen LogP) is 6.76. The molecule has 0 N–H and O–H groups in total. The van der Waals surface area contributed by atoms with E-state index in [0.717, 1.165) is 25.9 Å². The first kappa shape index (κ1) is 18.4. The first-order valence-corrected chi connectivity index (χ1v) is 9.30. The molecule has 0 aliphatic carbocycles. The number of nitrogens with zero attached hydrogens (tertiary/aromatic N) is 1. The molecule has 0 aliphatic heterocycles. The summed E-state index contributed by atoms with van der Waals surface area (Å²) >= 11 is 9.37. The third-order valence-electron chi connectivity index (χ3n) is 3.93. The quantitative estimate of drug-likeness (QED) is 0.196. The van der Waals surface area contributed by atoms with Crippen molar-refractivity contribution >= 4 is 45.0 Å². The van der Waals surface area contributed by atoms with Crippen LogP contribution in [0.15, 0.2) is 83.3 Å². The topological polar surface area (TPSA) is 26.1 Å². The molecule has 0 heterocycles. The summed E-state index contributed by atoms with van der Waals surface area (Å²) in [4.78, 5) is 0. The van der Waals surface area contributed by atoms with Crippen molar-refractivity contribution in [2.45, 2.75) is 6.92 Å². The predicted molar refractivity (Wildman–Crippen MR) is 113 cm³/mol. The number of halogens is 2. The van der Waals surface area contributed by atoms with Crippen LogP contribution in [0.4, 0.5) is 5.69 Å². The molecule has 4 heteroatoms. The second-order valence-electron chi connectivity index (χ2n) is 5.91. The van der Waals surface area contributed by atoms with E-state index in [2.05, 4.69) is 15.9 Å². The highest BCUT2D eigenvalue weighted by Gasteiger charge is 2.12. The summed E-state index contributed by atoms with van der Waals surface area (Å²) in [5.74, 6) is 0.